The summed E-state index contributed by atoms with van der Waals surface area (Å²) in [7, 11) is 0. The first kappa shape index (κ1) is 8.55. The largest absolute Gasteiger partial charge is 0.327 e. The second kappa shape index (κ2) is 3.02. The average Bonchev–Trinajstić information content (AvgIpc) is 2.50. The quantitative estimate of drug-likeness (QED) is 0.674. The summed E-state index contributed by atoms with van der Waals surface area (Å²) in [6.07, 6.45) is 3.10. The summed E-state index contributed by atoms with van der Waals surface area (Å²) in [5, 5.41) is 2.79. The van der Waals surface area contributed by atoms with Crippen molar-refractivity contribution in [3.05, 3.63) is 50.8 Å². The molecule has 0 saturated carbocycles. The predicted molar refractivity (Wildman–Crippen MR) is 51.7 cm³/mol. The molecule has 0 aliphatic carbocycles. The van der Waals surface area contributed by atoms with Gasteiger partial charge in [-0.1, -0.05) is 0 Å². The van der Waals surface area contributed by atoms with E-state index in [9.17, 15) is 9.59 Å². The van der Waals surface area contributed by atoms with Crippen molar-refractivity contribution in [3.63, 3.8) is 0 Å². The van der Waals surface area contributed by atoms with Gasteiger partial charge in [0.1, 0.15) is 0 Å². The van der Waals surface area contributed by atoms with E-state index >= 15 is 0 Å². The monoisotopic (exact) mass is 191 g/mol. The topological polar surface area (TPSA) is 70.7 Å². The predicted octanol–water partition coefficient (Wildman–Crippen LogP) is 0.162. The van der Waals surface area contributed by atoms with Crippen molar-refractivity contribution >= 4 is 0 Å². The van der Waals surface area contributed by atoms with Gasteiger partial charge in [0, 0.05) is 24.0 Å². The Kier molecular flexibility index (Phi) is 1.85. The van der Waals surface area contributed by atoms with Gasteiger partial charge in [0.2, 0.25) is 5.56 Å². The summed E-state index contributed by atoms with van der Waals surface area (Å²) in [6, 6.07) is 2.95. The summed E-state index contributed by atoms with van der Waals surface area (Å²) < 4.78 is 1.37. The zero-order valence-electron chi connectivity index (χ0n) is 7.57. The minimum absolute atomic E-state index is 0.114. The molecule has 0 aliphatic rings. The molecule has 2 heterocycles. The molecule has 2 N–H and O–H groups in total. The summed E-state index contributed by atoms with van der Waals surface area (Å²) in [6.45, 7) is 1.72. The molecule has 0 aliphatic heterocycles. The van der Waals surface area contributed by atoms with Gasteiger partial charge < -0.3 is 4.98 Å². The maximum absolute atomic E-state index is 11.5. The fourth-order valence-corrected chi connectivity index (χ4v) is 1.19. The minimum atomic E-state index is -0.190. The lowest BCUT2D eigenvalue weighted by Crippen LogP contribution is -2.17. The van der Waals surface area contributed by atoms with Crippen LogP contribution in [0.4, 0.5) is 0 Å². The first-order valence-electron chi connectivity index (χ1n) is 4.14. The molecule has 0 fully saturated rings. The van der Waals surface area contributed by atoms with Crippen molar-refractivity contribution in [2.24, 2.45) is 0 Å². The second-order valence-corrected chi connectivity index (χ2v) is 3.01. The van der Waals surface area contributed by atoms with Gasteiger partial charge in [0.15, 0.2) is 0 Å². The SMILES string of the molecule is Cc1c[nH]n(-c2ccc(=O)[nH]c2)c1=O. The van der Waals surface area contributed by atoms with Crippen molar-refractivity contribution in [1.82, 2.24) is 14.8 Å². The number of hydrogen-bond donors (Lipinski definition) is 2. The van der Waals surface area contributed by atoms with Crippen molar-refractivity contribution in [3.8, 4) is 5.69 Å². The summed E-state index contributed by atoms with van der Waals surface area (Å²) in [4.78, 5) is 24.8. The maximum atomic E-state index is 11.5. The van der Waals surface area contributed by atoms with Gasteiger partial charge >= 0.3 is 0 Å². The first-order valence-corrected chi connectivity index (χ1v) is 4.14. The van der Waals surface area contributed by atoms with Crippen molar-refractivity contribution in [2.75, 3.05) is 0 Å². The smallest absolute Gasteiger partial charge is 0.274 e. The molecular weight excluding hydrogens is 182 g/mol. The van der Waals surface area contributed by atoms with E-state index in [1.54, 1.807) is 19.2 Å². The number of hydrogen-bond acceptors (Lipinski definition) is 2. The van der Waals surface area contributed by atoms with Crippen LogP contribution >= 0.6 is 0 Å². The Labute approximate surface area is 79.0 Å². The van der Waals surface area contributed by atoms with E-state index in [2.05, 4.69) is 10.1 Å². The highest BCUT2D eigenvalue weighted by atomic mass is 16.1. The van der Waals surface area contributed by atoms with Crippen LogP contribution in [0.3, 0.4) is 0 Å². The summed E-state index contributed by atoms with van der Waals surface area (Å²) in [5.74, 6) is 0. The van der Waals surface area contributed by atoms with Crippen LogP contribution in [0.15, 0.2) is 34.1 Å². The van der Waals surface area contributed by atoms with Crippen LogP contribution in [0.1, 0.15) is 5.56 Å². The molecule has 2 rings (SSSR count). The molecule has 5 heteroatoms. The third-order valence-corrected chi connectivity index (χ3v) is 1.98. The number of rotatable bonds is 1. The summed E-state index contributed by atoms with van der Waals surface area (Å²) >= 11 is 0. The Bertz CT molecular complexity index is 541. The van der Waals surface area contributed by atoms with E-state index in [1.165, 1.54) is 16.9 Å². The number of aromatic amines is 2. The van der Waals surface area contributed by atoms with Crippen LogP contribution in [0.25, 0.3) is 5.69 Å². The van der Waals surface area contributed by atoms with Crippen LogP contribution in [-0.4, -0.2) is 14.8 Å². The molecule has 72 valence electrons. The van der Waals surface area contributed by atoms with Crippen molar-refractivity contribution in [2.45, 2.75) is 6.92 Å². The van der Waals surface area contributed by atoms with Crippen molar-refractivity contribution < 1.29 is 0 Å². The number of nitrogens with one attached hydrogen (secondary N) is 2. The number of pyridine rings is 1. The van der Waals surface area contributed by atoms with Crippen LogP contribution in [0, 0.1) is 6.92 Å². The van der Waals surface area contributed by atoms with E-state index in [4.69, 9.17) is 0 Å². The molecule has 0 radical (unpaired) electrons. The van der Waals surface area contributed by atoms with E-state index in [-0.39, 0.29) is 11.1 Å². The Morgan fingerprint density at radius 1 is 1.21 bits per heavy atom. The fraction of sp³-hybridized carbons (Fsp3) is 0.111. The molecular formula is C9H9N3O2. The lowest BCUT2D eigenvalue weighted by Gasteiger charge is -1.98. The highest BCUT2D eigenvalue weighted by Gasteiger charge is 2.02. The number of aromatic nitrogens is 3. The third kappa shape index (κ3) is 1.28. The van der Waals surface area contributed by atoms with Gasteiger partial charge in [-0.05, 0) is 13.0 Å². The molecule has 0 bridgehead atoms. The van der Waals surface area contributed by atoms with E-state index in [0.717, 1.165) is 0 Å². The summed E-state index contributed by atoms with van der Waals surface area (Å²) in [5.41, 5.74) is 0.945. The Balaban J connectivity index is 2.61. The first-order chi connectivity index (χ1) is 6.68. The molecule has 0 saturated heterocycles. The molecule has 2 aromatic rings. The molecule has 0 amide bonds. The van der Waals surface area contributed by atoms with E-state index in [1.807, 2.05) is 0 Å². The minimum Gasteiger partial charge on any atom is -0.327 e. The van der Waals surface area contributed by atoms with E-state index in [0.29, 0.717) is 11.3 Å². The van der Waals surface area contributed by atoms with Gasteiger partial charge in [0.25, 0.3) is 5.56 Å². The molecule has 5 nitrogen and oxygen atoms in total. The molecule has 0 aromatic carbocycles. The van der Waals surface area contributed by atoms with Gasteiger partial charge in [-0.3, -0.25) is 14.7 Å². The normalized spacial score (nSPS) is 10.4. The van der Waals surface area contributed by atoms with Crippen LogP contribution in [-0.2, 0) is 0 Å². The zero-order valence-corrected chi connectivity index (χ0v) is 7.57. The highest BCUT2D eigenvalue weighted by Crippen LogP contribution is 1.98. The standard InChI is InChI=1S/C9H9N3O2/c1-6-4-11-12(9(6)14)7-2-3-8(13)10-5-7/h2-5,11H,1H3,(H,10,13). The maximum Gasteiger partial charge on any atom is 0.274 e. The lowest BCUT2D eigenvalue weighted by molar-refractivity contribution is 0.840. The average molecular weight is 191 g/mol. The van der Waals surface area contributed by atoms with Gasteiger partial charge in [-0.25, -0.2) is 4.68 Å². The lowest BCUT2D eigenvalue weighted by atomic mass is 10.4. The fourth-order valence-electron chi connectivity index (χ4n) is 1.19. The molecule has 0 spiro atoms. The van der Waals surface area contributed by atoms with Crippen LogP contribution < -0.4 is 11.1 Å². The van der Waals surface area contributed by atoms with Gasteiger partial charge in [0.05, 0.1) is 5.69 Å². The number of aryl methyl sites for hydroxylation is 1. The Hall–Kier alpha value is -2.04. The zero-order chi connectivity index (χ0) is 10.1. The highest BCUT2D eigenvalue weighted by molar-refractivity contribution is 5.27. The van der Waals surface area contributed by atoms with Gasteiger partial charge in [-0.2, -0.15) is 0 Å². The van der Waals surface area contributed by atoms with Crippen molar-refractivity contribution in [1.29, 1.82) is 0 Å². The van der Waals surface area contributed by atoms with E-state index < -0.39 is 0 Å². The molecule has 0 unspecified atom stereocenters. The Morgan fingerprint density at radius 3 is 2.50 bits per heavy atom. The molecule has 0 atom stereocenters. The third-order valence-electron chi connectivity index (χ3n) is 1.98. The van der Waals surface area contributed by atoms with Crippen LogP contribution in [0.5, 0.6) is 0 Å². The molecule has 14 heavy (non-hydrogen) atoms. The van der Waals surface area contributed by atoms with Gasteiger partial charge in [-0.15, -0.1) is 0 Å². The number of nitrogens with zero attached hydrogens (tertiary/aromatic N) is 1. The molecule has 2 aromatic heterocycles. The Morgan fingerprint density at radius 2 is 2.00 bits per heavy atom. The van der Waals surface area contributed by atoms with Crippen LogP contribution in [0.2, 0.25) is 0 Å². The second-order valence-electron chi connectivity index (χ2n) is 3.01. The number of H-pyrrole nitrogens is 2.